The molecule has 1 N–H and O–H groups in total. The summed E-state index contributed by atoms with van der Waals surface area (Å²) in [5, 5.41) is 3.32. The molecule has 0 amide bonds. The highest BCUT2D eigenvalue weighted by atomic mass is 16.1. The van der Waals surface area contributed by atoms with Gasteiger partial charge in [0, 0.05) is 30.3 Å². The number of aromatic nitrogens is 1. The van der Waals surface area contributed by atoms with Gasteiger partial charge < -0.3 is 9.88 Å². The van der Waals surface area contributed by atoms with E-state index in [1.165, 1.54) is 6.42 Å². The van der Waals surface area contributed by atoms with Crippen LogP contribution in [0.5, 0.6) is 0 Å². The number of nitrogens with one attached hydrogen (secondary N) is 1. The Balaban J connectivity index is 2.85. The van der Waals surface area contributed by atoms with Crippen LogP contribution < -0.4 is 10.9 Å². The molecule has 0 atom stereocenters. The fraction of sp³-hybridized carbons (Fsp3) is 0.667. The Hall–Kier alpha value is -1.09. The Morgan fingerprint density at radius 2 is 1.94 bits per heavy atom. The van der Waals surface area contributed by atoms with Crippen molar-refractivity contribution in [3.8, 4) is 0 Å². The van der Waals surface area contributed by atoms with Gasteiger partial charge in [0.2, 0.25) is 0 Å². The molecule has 0 saturated carbocycles. The number of pyridine rings is 1. The van der Waals surface area contributed by atoms with Crippen molar-refractivity contribution in [2.45, 2.75) is 52.5 Å². The molecule has 1 aromatic rings. The average Bonchev–Trinajstić information content (AvgIpc) is 2.28. The molecular weight excluding hydrogens is 224 g/mol. The molecule has 3 nitrogen and oxygen atoms in total. The number of hydrogen-bond donors (Lipinski definition) is 1. The molecule has 0 aliphatic carbocycles. The molecule has 102 valence electrons. The van der Waals surface area contributed by atoms with Crippen molar-refractivity contribution in [3.05, 3.63) is 33.7 Å². The third kappa shape index (κ3) is 3.70. The minimum Gasteiger partial charge on any atom is -0.315 e. The third-order valence-corrected chi connectivity index (χ3v) is 3.17. The fourth-order valence-electron chi connectivity index (χ4n) is 2.10. The number of rotatable bonds is 5. The van der Waals surface area contributed by atoms with E-state index in [0.717, 1.165) is 24.2 Å². The number of nitrogens with zero attached hydrogens (tertiary/aromatic N) is 1. The normalized spacial score (nSPS) is 11.8. The van der Waals surface area contributed by atoms with E-state index in [0.29, 0.717) is 6.54 Å². The minimum absolute atomic E-state index is 0.00206. The predicted octanol–water partition coefficient (Wildman–Crippen LogP) is 2.57. The Bertz CT molecular complexity index is 441. The van der Waals surface area contributed by atoms with Crippen LogP contribution in [0.4, 0.5) is 0 Å². The van der Waals surface area contributed by atoms with E-state index in [4.69, 9.17) is 0 Å². The van der Waals surface area contributed by atoms with Gasteiger partial charge in [-0.3, -0.25) is 4.79 Å². The van der Waals surface area contributed by atoms with E-state index in [1.54, 1.807) is 4.57 Å². The van der Waals surface area contributed by atoms with Crippen molar-refractivity contribution in [1.29, 1.82) is 0 Å². The van der Waals surface area contributed by atoms with Gasteiger partial charge in [-0.15, -0.1) is 0 Å². The molecule has 0 aliphatic rings. The fourth-order valence-corrected chi connectivity index (χ4v) is 2.10. The molecule has 1 aromatic heterocycles. The molecule has 3 heteroatoms. The predicted molar refractivity (Wildman–Crippen MR) is 77.0 cm³/mol. The van der Waals surface area contributed by atoms with Gasteiger partial charge in [-0.25, -0.2) is 0 Å². The van der Waals surface area contributed by atoms with Gasteiger partial charge in [-0.2, -0.15) is 0 Å². The van der Waals surface area contributed by atoms with Crippen molar-refractivity contribution in [3.63, 3.8) is 0 Å². The molecule has 0 aliphatic heterocycles. The molecule has 0 radical (unpaired) electrons. The molecule has 1 rings (SSSR count). The van der Waals surface area contributed by atoms with Crippen molar-refractivity contribution in [2.24, 2.45) is 7.05 Å². The van der Waals surface area contributed by atoms with Crippen LogP contribution in [0.3, 0.4) is 0 Å². The highest BCUT2D eigenvalue weighted by molar-refractivity contribution is 5.21. The van der Waals surface area contributed by atoms with Crippen LogP contribution in [0.2, 0.25) is 0 Å². The van der Waals surface area contributed by atoms with Crippen LogP contribution in [0, 0.1) is 0 Å². The smallest absolute Gasteiger partial charge is 0.255 e. The van der Waals surface area contributed by atoms with Crippen LogP contribution in [0.15, 0.2) is 16.9 Å². The molecular formula is C15H26N2O. The van der Waals surface area contributed by atoms with E-state index in [-0.39, 0.29) is 11.0 Å². The van der Waals surface area contributed by atoms with E-state index in [1.807, 2.05) is 13.1 Å². The SMILES string of the molecule is CCCCNCc1ccc(C(C)(C)C)n(C)c1=O. The number of unbranched alkanes of at least 4 members (excludes halogenated alkanes) is 1. The summed E-state index contributed by atoms with van der Waals surface area (Å²) in [6.45, 7) is 10.2. The molecule has 0 unspecified atom stereocenters. The van der Waals surface area contributed by atoms with Crippen LogP contribution in [-0.4, -0.2) is 11.1 Å². The van der Waals surface area contributed by atoms with Crippen LogP contribution in [0.25, 0.3) is 0 Å². The van der Waals surface area contributed by atoms with Crippen molar-refractivity contribution >= 4 is 0 Å². The average molecular weight is 250 g/mol. The van der Waals surface area contributed by atoms with E-state index < -0.39 is 0 Å². The lowest BCUT2D eigenvalue weighted by molar-refractivity contribution is 0.527. The molecule has 0 aromatic carbocycles. The molecule has 0 fully saturated rings. The van der Waals surface area contributed by atoms with Crippen LogP contribution in [0.1, 0.15) is 51.8 Å². The summed E-state index contributed by atoms with van der Waals surface area (Å²) in [5.41, 5.74) is 2.04. The molecule has 0 spiro atoms. The number of hydrogen-bond acceptors (Lipinski definition) is 2. The molecule has 1 heterocycles. The maximum absolute atomic E-state index is 12.2. The zero-order valence-electron chi connectivity index (χ0n) is 12.3. The maximum atomic E-state index is 12.2. The lowest BCUT2D eigenvalue weighted by Gasteiger charge is -2.22. The highest BCUT2D eigenvalue weighted by Gasteiger charge is 2.18. The van der Waals surface area contributed by atoms with Crippen LogP contribution in [-0.2, 0) is 19.0 Å². The lowest BCUT2D eigenvalue weighted by atomic mass is 9.91. The topological polar surface area (TPSA) is 34.0 Å². The summed E-state index contributed by atoms with van der Waals surface area (Å²) in [4.78, 5) is 12.2. The summed E-state index contributed by atoms with van der Waals surface area (Å²) < 4.78 is 1.77. The summed E-state index contributed by atoms with van der Waals surface area (Å²) in [6, 6.07) is 4.03. The van der Waals surface area contributed by atoms with Gasteiger partial charge in [0.25, 0.3) is 5.56 Å². The first-order valence-corrected chi connectivity index (χ1v) is 6.78. The van der Waals surface area contributed by atoms with Gasteiger partial charge in [-0.05, 0) is 19.0 Å². The Kier molecular flexibility index (Phi) is 5.15. The Morgan fingerprint density at radius 1 is 1.28 bits per heavy atom. The standard InChI is InChI=1S/C15H26N2O/c1-6-7-10-16-11-12-8-9-13(15(2,3)4)17(5)14(12)18/h8-9,16H,6-7,10-11H2,1-5H3. The Labute approximate surface area is 110 Å². The second kappa shape index (κ2) is 6.19. The minimum atomic E-state index is 0.00206. The van der Waals surface area contributed by atoms with Crippen molar-refractivity contribution in [2.75, 3.05) is 6.54 Å². The molecule has 0 saturated heterocycles. The zero-order valence-corrected chi connectivity index (χ0v) is 12.3. The summed E-state index contributed by atoms with van der Waals surface area (Å²) in [7, 11) is 1.86. The quantitative estimate of drug-likeness (QED) is 0.815. The van der Waals surface area contributed by atoms with E-state index in [9.17, 15) is 4.79 Å². The van der Waals surface area contributed by atoms with Gasteiger partial charge in [-0.1, -0.05) is 40.2 Å². The maximum Gasteiger partial charge on any atom is 0.255 e. The van der Waals surface area contributed by atoms with Gasteiger partial charge in [0.15, 0.2) is 0 Å². The van der Waals surface area contributed by atoms with Crippen molar-refractivity contribution in [1.82, 2.24) is 9.88 Å². The van der Waals surface area contributed by atoms with E-state index in [2.05, 4.69) is 39.1 Å². The third-order valence-electron chi connectivity index (χ3n) is 3.17. The van der Waals surface area contributed by atoms with Gasteiger partial charge in [0.1, 0.15) is 0 Å². The first-order chi connectivity index (χ1) is 8.38. The van der Waals surface area contributed by atoms with Crippen LogP contribution >= 0.6 is 0 Å². The highest BCUT2D eigenvalue weighted by Crippen LogP contribution is 2.20. The molecule has 18 heavy (non-hydrogen) atoms. The van der Waals surface area contributed by atoms with Crippen molar-refractivity contribution < 1.29 is 0 Å². The van der Waals surface area contributed by atoms with Gasteiger partial charge >= 0.3 is 0 Å². The summed E-state index contributed by atoms with van der Waals surface area (Å²) >= 11 is 0. The first kappa shape index (κ1) is 15.0. The Morgan fingerprint density at radius 3 is 2.50 bits per heavy atom. The largest absolute Gasteiger partial charge is 0.315 e. The monoisotopic (exact) mass is 250 g/mol. The second-order valence-corrected chi connectivity index (χ2v) is 5.89. The van der Waals surface area contributed by atoms with Gasteiger partial charge in [0.05, 0.1) is 0 Å². The first-order valence-electron chi connectivity index (χ1n) is 6.78. The summed E-state index contributed by atoms with van der Waals surface area (Å²) in [6.07, 6.45) is 2.33. The lowest BCUT2D eigenvalue weighted by Crippen LogP contribution is -2.31. The summed E-state index contributed by atoms with van der Waals surface area (Å²) in [5.74, 6) is 0. The molecule has 0 bridgehead atoms. The van der Waals surface area contributed by atoms with E-state index >= 15 is 0 Å². The zero-order chi connectivity index (χ0) is 13.8. The second-order valence-electron chi connectivity index (χ2n) is 5.89.